The summed E-state index contributed by atoms with van der Waals surface area (Å²) in [6.45, 7) is 3.36. The predicted molar refractivity (Wildman–Crippen MR) is 307 cm³/mol. The number of aliphatic hydroxyl groups excluding tert-OH is 1. The van der Waals surface area contributed by atoms with Gasteiger partial charge in [0.2, 0.25) is 70.9 Å². The Balaban J connectivity index is 2.30. The number of likely N-dealkylation sites (N-methyl/N-ethyl adjacent to an activating group) is 1. The molecular weight excluding hydrogens is 1170 g/mol. The third-order valence-corrected chi connectivity index (χ3v) is 11.5. The minimum absolute atomic E-state index is 0.0344. The van der Waals surface area contributed by atoms with Crippen LogP contribution in [0.3, 0.4) is 0 Å². The molecular formula is C52H91N15O21. The second kappa shape index (κ2) is 50.4. The van der Waals surface area contributed by atoms with Gasteiger partial charge in [-0.25, -0.2) is 4.98 Å². The van der Waals surface area contributed by atoms with Crippen LogP contribution < -0.4 is 70.0 Å². The number of nitrogens with one attached hydrogen (secondary N) is 12. The predicted octanol–water partition coefficient (Wildman–Crippen LogP) is -8.74. The van der Waals surface area contributed by atoms with E-state index in [0.717, 1.165) is 6.42 Å². The largest absolute Gasteiger partial charge is 0.394 e. The number of nitrogens with zero attached hydrogens (tertiary/aromatic N) is 1. The maximum atomic E-state index is 13.7. The lowest BCUT2D eigenvalue weighted by atomic mass is 10.1. The van der Waals surface area contributed by atoms with Crippen LogP contribution in [0.4, 0.5) is 0 Å². The first kappa shape index (κ1) is 78.5. The lowest BCUT2D eigenvalue weighted by molar-refractivity contribution is -0.135. The molecule has 0 aliphatic rings. The van der Waals surface area contributed by atoms with Crippen molar-refractivity contribution in [2.24, 2.45) is 11.5 Å². The Bertz CT molecular complexity index is 2240. The highest BCUT2D eigenvalue weighted by atomic mass is 16.5. The molecule has 1 rings (SSSR count). The molecule has 0 aliphatic heterocycles. The first-order valence-corrected chi connectivity index (χ1v) is 28.6. The van der Waals surface area contributed by atoms with E-state index in [4.69, 9.17) is 49.4 Å². The minimum atomic E-state index is -1.67. The molecule has 0 unspecified atom stereocenters. The number of rotatable bonds is 54. The van der Waals surface area contributed by atoms with E-state index in [1.165, 1.54) is 26.5 Å². The third kappa shape index (κ3) is 40.8. The average Bonchev–Trinajstić information content (AvgIpc) is 4.04. The molecule has 0 fully saturated rings. The molecule has 1 heterocycles. The van der Waals surface area contributed by atoms with E-state index in [2.05, 4.69) is 68.5 Å². The van der Waals surface area contributed by atoms with Crippen LogP contribution in [0.15, 0.2) is 12.5 Å². The van der Waals surface area contributed by atoms with Crippen LogP contribution in [-0.4, -0.2) is 275 Å². The molecule has 0 radical (unpaired) electrons. The molecule has 36 heteroatoms. The Kier molecular flexibility index (Phi) is 45.0. The number of H-pyrrole nitrogens is 1. The zero-order chi connectivity index (χ0) is 65.2. The van der Waals surface area contributed by atoms with Crippen molar-refractivity contribution in [2.75, 3.05) is 159 Å². The van der Waals surface area contributed by atoms with Gasteiger partial charge in [-0.15, -0.1) is 0 Å². The molecule has 36 nitrogen and oxygen atoms in total. The van der Waals surface area contributed by atoms with Crippen molar-refractivity contribution in [3.05, 3.63) is 18.2 Å². The summed E-state index contributed by atoms with van der Waals surface area (Å²) in [6, 6.07) is -6.97. The topological polar surface area (TPSA) is 512 Å². The number of aromatic nitrogens is 2. The summed E-state index contributed by atoms with van der Waals surface area (Å²) in [7, 11) is 1.41. The first-order chi connectivity index (χ1) is 42.3. The number of aromatic amines is 1. The van der Waals surface area contributed by atoms with E-state index in [1.807, 2.05) is 6.92 Å². The standard InChI is InChI=1S/C52H91N15O21/c1-4-5-6-37(48(76)55-3)64-51(79)40(26-53)67-50(78)39(25-36-27-56-34-62-36)66-49(77)38(7-8-42(54)70)65-52(80)41(29-68)63-43(71)28-61-47(75)33-88-24-20-84-16-12-60-46(74)32-87-23-19-83-15-11-59-45(73)31-86-22-18-82-14-10-58-44(72)30-85-21-17-81-13-9-57-35(2)69/h27,34,37-41,68H,4-26,28-33,53H2,1-3H3,(H2,54,70)(H,55,76)(H,56,62)(H,57,69)(H,58,72)(H,59,73)(H,60,74)(H,61,75)(H,63,71)(H,64,79)(H,65,80)(H,66,77)(H,67,78)/t37-,38-,39-,40-,41-/m0/s1. The number of aliphatic hydroxyl groups is 1. The number of nitrogens with two attached hydrogens (primary N) is 2. The maximum Gasteiger partial charge on any atom is 0.246 e. The van der Waals surface area contributed by atoms with Crippen LogP contribution >= 0.6 is 0 Å². The molecule has 0 aliphatic carbocycles. The van der Waals surface area contributed by atoms with E-state index in [1.54, 1.807) is 0 Å². The lowest BCUT2D eigenvalue weighted by Crippen LogP contribution is -2.61. The van der Waals surface area contributed by atoms with E-state index in [0.29, 0.717) is 31.7 Å². The molecule has 0 bridgehead atoms. The van der Waals surface area contributed by atoms with E-state index in [-0.39, 0.29) is 136 Å². The highest BCUT2D eigenvalue weighted by Crippen LogP contribution is 2.06. The van der Waals surface area contributed by atoms with Crippen molar-refractivity contribution in [3.63, 3.8) is 0 Å². The second-order valence-electron chi connectivity index (χ2n) is 18.8. The molecule has 5 atom stereocenters. The van der Waals surface area contributed by atoms with Crippen molar-refractivity contribution >= 4 is 70.9 Å². The number of hydrogen-bond donors (Lipinski definition) is 15. The fourth-order valence-electron chi connectivity index (χ4n) is 7.00. The van der Waals surface area contributed by atoms with Crippen LogP contribution in [0, 0.1) is 0 Å². The van der Waals surface area contributed by atoms with E-state index < -0.39 is 123 Å². The summed E-state index contributed by atoms with van der Waals surface area (Å²) in [6.07, 6.45) is 3.36. The lowest BCUT2D eigenvalue weighted by Gasteiger charge is -2.26. The van der Waals surface area contributed by atoms with Gasteiger partial charge in [0.05, 0.1) is 104 Å². The molecule has 0 spiro atoms. The molecule has 0 saturated heterocycles. The number of hydrogen-bond acceptors (Lipinski definition) is 23. The van der Waals surface area contributed by atoms with Crippen LogP contribution in [0.2, 0.25) is 0 Å². The number of ether oxygens (including phenoxy) is 8. The zero-order valence-corrected chi connectivity index (χ0v) is 50.3. The summed E-state index contributed by atoms with van der Waals surface area (Å²) in [4.78, 5) is 157. The van der Waals surface area contributed by atoms with Gasteiger partial charge in [0, 0.05) is 65.7 Å². The van der Waals surface area contributed by atoms with Gasteiger partial charge in [-0.05, 0) is 12.8 Å². The third-order valence-electron chi connectivity index (χ3n) is 11.5. The number of unbranched alkanes of at least 4 members (excludes halogenated alkanes) is 1. The second-order valence-corrected chi connectivity index (χ2v) is 18.8. The molecule has 500 valence electrons. The number of amides is 12. The summed E-state index contributed by atoms with van der Waals surface area (Å²) in [5.74, 6) is -7.93. The van der Waals surface area contributed by atoms with Gasteiger partial charge in [0.15, 0.2) is 0 Å². The van der Waals surface area contributed by atoms with E-state index in [9.17, 15) is 62.6 Å². The Morgan fingerprint density at radius 3 is 1.34 bits per heavy atom. The number of carbonyl (C=O) groups is 12. The molecule has 0 saturated carbocycles. The van der Waals surface area contributed by atoms with Crippen LogP contribution in [-0.2, 0) is 102 Å². The van der Waals surface area contributed by atoms with Crippen molar-refractivity contribution in [1.82, 2.24) is 68.5 Å². The van der Waals surface area contributed by atoms with Crippen molar-refractivity contribution < 1.29 is 101 Å². The Hall–Kier alpha value is -7.55. The van der Waals surface area contributed by atoms with Gasteiger partial charge in [-0.1, -0.05) is 19.8 Å². The zero-order valence-electron chi connectivity index (χ0n) is 50.3. The molecule has 1 aromatic heterocycles. The van der Waals surface area contributed by atoms with Gasteiger partial charge in [0.1, 0.15) is 56.6 Å². The molecule has 12 amide bonds. The molecule has 0 aromatic carbocycles. The number of imidazole rings is 1. The van der Waals surface area contributed by atoms with Gasteiger partial charge in [-0.2, -0.15) is 0 Å². The summed E-state index contributed by atoms with van der Waals surface area (Å²) in [5, 5.41) is 37.3. The molecule has 88 heavy (non-hydrogen) atoms. The fraction of sp³-hybridized carbons (Fsp3) is 0.712. The number of primary amides is 1. The summed E-state index contributed by atoms with van der Waals surface area (Å²) < 4.78 is 42.3. The van der Waals surface area contributed by atoms with Gasteiger partial charge < -0.3 is 118 Å². The first-order valence-electron chi connectivity index (χ1n) is 28.6. The van der Waals surface area contributed by atoms with Gasteiger partial charge in [-0.3, -0.25) is 57.5 Å². The summed E-state index contributed by atoms with van der Waals surface area (Å²) >= 11 is 0. The number of carbonyl (C=O) groups excluding carboxylic acids is 12. The van der Waals surface area contributed by atoms with Gasteiger partial charge in [0.25, 0.3) is 0 Å². The maximum absolute atomic E-state index is 13.7. The van der Waals surface area contributed by atoms with Crippen molar-refractivity contribution in [2.45, 2.75) is 82.6 Å². The smallest absolute Gasteiger partial charge is 0.246 e. The fourth-order valence-corrected chi connectivity index (χ4v) is 7.00. The quantitative estimate of drug-likeness (QED) is 0.0269. The Morgan fingerprint density at radius 1 is 0.511 bits per heavy atom. The van der Waals surface area contributed by atoms with Crippen LogP contribution in [0.25, 0.3) is 0 Å². The average molecular weight is 1260 g/mol. The molecule has 1 aromatic rings. The SMILES string of the molecule is CCCC[C@H](NC(=O)[C@H](CN)NC(=O)[C@H](Cc1c[nH]cn1)NC(=O)[C@H](CCC(N)=O)NC(=O)[C@H](CO)NC(=O)CNC(=O)COCCOCCNC(=O)COCCOCCNC(=O)COCCOCCNC(=O)COCCOCCNC(C)=O)C(=O)NC. The summed E-state index contributed by atoms with van der Waals surface area (Å²) in [5.41, 5.74) is 11.5. The van der Waals surface area contributed by atoms with Crippen LogP contribution in [0.5, 0.6) is 0 Å². The van der Waals surface area contributed by atoms with E-state index >= 15 is 0 Å². The highest BCUT2D eigenvalue weighted by molar-refractivity contribution is 5.97. The Morgan fingerprint density at radius 2 is 0.920 bits per heavy atom. The minimum Gasteiger partial charge on any atom is -0.394 e. The normalized spacial score (nSPS) is 12.6. The van der Waals surface area contributed by atoms with Crippen molar-refractivity contribution in [3.8, 4) is 0 Å². The van der Waals surface area contributed by atoms with Crippen molar-refractivity contribution in [1.29, 1.82) is 0 Å². The molecule has 17 N–H and O–H groups in total. The monoisotopic (exact) mass is 1260 g/mol. The Labute approximate surface area is 509 Å². The van der Waals surface area contributed by atoms with Gasteiger partial charge >= 0.3 is 0 Å². The highest BCUT2D eigenvalue weighted by Gasteiger charge is 2.33. The van der Waals surface area contributed by atoms with Crippen LogP contribution in [0.1, 0.15) is 51.6 Å².